The fraction of sp³-hybridized carbons (Fsp3) is 0.333. The Hall–Kier alpha value is -1.55. The van der Waals surface area contributed by atoms with Gasteiger partial charge in [-0.25, -0.2) is 9.97 Å². The van der Waals surface area contributed by atoms with Gasteiger partial charge in [-0.05, 0) is 31.9 Å². The maximum absolute atomic E-state index is 4.40. The van der Waals surface area contributed by atoms with Crippen LogP contribution in [0.1, 0.15) is 24.5 Å². The molecule has 2 aromatic rings. The average molecular weight is 273 g/mol. The Bertz CT molecular complexity index is 555. The number of hydrogen-bond acceptors (Lipinski definition) is 4. The second-order valence-corrected chi connectivity index (χ2v) is 5.48. The third-order valence-electron chi connectivity index (χ3n) is 2.88. The van der Waals surface area contributed by atoms with Gasteiger partial charge in [0.05, 0.1) is 0 Å². The van der Waals surface area contributed by atoms with Gasteiger partial charge in [-0.2, -0.15) is 0 Å². The van der Waals surface area contributed by atoms with Gasteiger partial charge in [0.1, 0.15) is 17.2 Å². The van der Waals surface area contributed by atoms with Gasteiger partial charge in [-0.1, -0.05) is 36.9 Å². The monoisotopic (exact) mass is 273 g/mol. The normalized spacial score (nSPS) is 10.5. The predicted octanol–water partition coefficient (Wildman–Crippen LogP) is 4.07. The first-order valence-corrected chi connectivity index (χ1v) is 7.33. The number of aromatic nitrogens is 2. The number of benzene rings is 1. The van der Waals surface area contributed by atoms with Crippen molar-refractivity contribution in [2.45, 2.75) is 37.1 Å². The highest BCUT2D eigenvalue weighted by atomic mass is 32.2. The first-order valence-electron chi connectivity index (χ1n) is 6.51. The Morgan fingerprint density at radius 3 is 2.68 bits per heavy atom. The number of nitrogens with one attached hydrogen (secondary N) is 1. The number of nitrogens with zero attached hydrogens (tertiary/aromatic N) is 2. The molecule has 0 bridgehead atoms. The van der Waals surface area contributed by atoms with Gasteiger partial charge < -0.3 is 5.32 Å². The smallest absolute Gasteiger partial charge is 0.133 e. The lowest BCUT2D eigenvalue weighted by molar-refractivity contribution is 0.938. The van der Waals surface area contributed by atoms with Crippen LogP contribution in [-0.4, -0.2) is 16.5 Å². The third kappa shape index (κ3) is 3.47. The second kappa shape index (κ2) is 6.57. The van der Waals surface area contributed by atoms with Crippen LogP contribution in [0.3, 0.4) is 0 Å². The largest absolute Gasteiger partial charge is 0.370 e. The predicted molar refractivity (Wildman–Crippen MR) is 80.9 cm³/mol. The Balaban J connectivity index is 2.23. The molecule has 2 rings (SSSR count). The molecule has 3 nitrogen and oxygen atoms in total. The van der Waals surface area contributed by atoms with E-state index in [0.717, 1.165) is 29.4 Å². The molecule has 19 heavy (non-hydrogen) atoms. The van der Waals surface area contributed by atoms with E-state index >= 15 is 0 Å². The summed E-state index contributed by atoms with van der Waals surface area (Å²) in [6.07, 6.45) is 2.72. The zero-order valence-electron chi connectivity index (χ0n) is 11.6. The lowest BCUT2D eigenvalue weighted by Gasteiger charge is -2.11. The average Bonchev–Trinajstić information content (AvgIpc) is 2.42. The number of rotatable bonds is 5. The minimum absolute atomic E-state index is 0.937. The van der Waals surface area contributed by atoms with Gasteiger partial charge in [0.25, 0.3) is 0 Å². The molecule has 0 unspecified atom stereocenters. The molecule has 0 saturated heterocycles. The number of aryl methyl sites for hydroxylation is 1. The molecule has 0 amide bonds. The van der Waals surface area contributed by atoms with Gasteiger partial charge in [0, 0.05) is 17.0 Å². The van der Waals surface area contributed by atoms with Crippen LogP contribution in [0.5, 0.6) is 0 Å². The SMILES string of the molecule is CCCNc1ncnc(Sc2ccccc2C)c1C. The van der Waals surface area contributed by atoms with Crippen molar-refractivity contribution in [2.75, 3.05) is 11.9 Å². The molecule has 1 heterocycles. The van der Waals surface area contributed by atoms with Crippen LogP contribution in [0.4, 0.5) is 5.82 Å². The summed E-state index contributed by atoms with van der Waals surface area (Å²) in [5.74, 6) is 0.938. The molecular formula is C15H19N3S. The van der Waals surface area contributed by atoms with E-state index < -0.39 is 0 Å². The van der Waals surface area contributed by atoms with Crippen molar-refractivity contribution in [3.05, 3.63) is 41.7 Å². The van der Waals surface area contributed by atoms with Crippen molar-refractivity contribution in [2.24, 2.45) is 0 Å². The van der Waals surface area contributed by atoms with Crippen LogP contribution in [0.15, 0.2) is 40.5 Å². The zero-order valence-corrected chi connectivity index (χ0v) is 12.4. The minimum Gasteiger partial charge on any atom is -0.370 e. The lowest BCUT2D eigenvalue weighted by Crippen LogP contribution is -2.05. The summed E-state index contributed by atoms with van der Waals surface area (Å²) in [6.45, 7) is 7.27. The highest BCUT2D eigenvalue weighted by Gasteiger charge is 2.09. The molecule has 0 aliphatic heterocycles. The van der Waals surface area contributed by atoms with Crippen LogP contribution in [-0.2, 0) is 0 Å². The maximum atomic E-state index is 4.40. The van der Waals surface area contributed by atoms with Gasteiger partial charge in [0.15, 0.2) is 0 Å². The number of anilines is 1. The summed E-state index contributed by atoms with van der Waals surface area (Å²) < 4.78 is 0. The van der Waals surface area contributed by atoms with Gasteiger partial charge in [-0.15, -0.1) is 0 Å². The molecule has 100 valence electrons. The van der Waals surface area contributed by atoms with E-state index in [-0.39, 0.29) is 0 Å². The van der Waals surface area contributed by atoms with Crippen LogP contribution in [0.25, 0.3) is 0 Å². The van der Waals surface area contributed by atoms with Gasteiger partial charge in [-0.3, -0.25) is 0 Å². The Labute approximate surface area is 118 Å². The summed E-state index contributed by atoms with van der Waals surface area (Å²) in [5, 5.41) is 4.36. The zero-order chi connectivity index (χ0) is 13.7. The first kappa shape index (κ1) is 13.9. The third-order valence-corrected chi connectivity index (χ3v) is 4.16. The Morgan fingerprint density at radius 1 is 1.16 bits per heavy atom. The molecule has 0 radical (unpaired) electrons. The van der Waals surface area contributed by atoms with E-state index in [1.807, 2.05) is 0 Å². The van der Waals surface area contributed by atoms with Crippen LogP contribution >= 0.6 is 11.8 Å². The lowest BCUT2D eigenvalue weighted by atomic mass is 10.2. The molecule has 1 aromatic heterocycles. The van der Waals surface area contributed by atoms with Crippen LogP contribution < -0.4 is 5.32 Å². The summed E-state index contributed by atoms with van der Waals surface area (Å²) in [6, 6.07) is 8.36. The van der Waals surface area contributed by atoms with E-state index in [2.05, 4.69) is 60.3 Å². The molecule has 0 atom stereocenters. The summed E-state index contributed by atoms with van der Waals surface area (Å²) >= 11 is 1.70. The van der Waals surface area contributed by atoms with Crippen molar-refractivity contribution < 1.29 is 0 Å². The van der Waals surface area contributed by atoms with E-state index in [9.17, 15) is 0 Å². The first-order chi connectivity index (χ1) is 9.22. The molecule has 0 spiro atoms. The van der Waals surface area contributed by atoms with Crippen LogP contribution in [0.2, 0.25) is 0 Å². The van der Waals surface area contributed by atoms with E-state index in [1.165, 1.54) is 10.5 Å². The van der Waals surface area contributed by atoms with E-state index in [0.29, 0.717) is 0 Å². The van der Waals surface area contributed by atoms with E-state index in [4.69, 9.17) is 0 Å². The molecule has 1 N–H and O–H groups in total. The highest BCUT2D eigenvalue weighted by molar-refractivity contribution is 7.99. The minimum atomic E-state index is 0.937. The highest BCUT2D eigenvalue weighted by Crippen LogP contribution is 2.32. The second-order valence-electron chi connectivity index (χ2n) is 4.45. The molecular weight excluding hydrogens is 254 g/mol. The van der Waals surface area contributed by atoms with Crippen molar-refractivity contribution >= 4 is 17.6 Å². The molecule has 0 fully saturated rings. The summed E-state index contributed by atoms with van der Waals surface area (Å²) in [7, 11) is 0. The number of hydrogen-bond donors (Lipinski definition) is 1. The van der Waals surface area contributed by atoms with E-state index in [1.54, 1.807) is 18.1 Å². The molecule has 0 saturated carbocycles. The fourth-order valence-corrected chi connectivity index (χ4v) is 2.67. The Kier molecular flexibility index (Phi) is 4.80. The molecule has 4 heteroatoms. The van der Waals surface area contributed by atoms with Crippen LogP contribution in [0, 0.1) is 13.8 Å². The molecule has 1 aromatic carbocycles. The molecule has 0 aliphatic rings. The summed E-state index contributed by atoms with van der Waals surface area (Å²) in [4.78, 5) is 9.94. The quantitative estimate of drug-likeness (QED) is 0.833. The van der Waals surface area contributed by atoms with Crippen molar-refractivity contribution in [3.8, 4) is 0 Å². The van der Waals surface area contributed by atoms with Crippen molar-refractivity contribution in [3.63, 3.8) is 0 Å². The van der Waals surface area contributed by atoms with Gasteiger partial charge >= 0.3 is 0 Å². The standard InChI is InChI=1S/C15H19N3S/c1-4-9-16-14-12(3)15(18-10-17-14)19-13-8-6-5-7-11(13)2/h5-8,10H,4,9H2,1-3H3,(H,16,17,18). The fourth-order valence-electron chi connectivity index (χ4n) is 1.73. The van der Waals surface area contributed by atoms with Crippen molar-refractivity contribution in [1.82, 2.24) is 9.97 Å². The molecule has 0 aliphatic carbocycles. The summed E-state index contributed by atoms with van der Waals surface area (Å²) in [5.41, 5.74) is 2.39. The Morgan fingerprint density at radius 2 is 1.95 bits per heavy atom. The van der Waals surface area contributed by atoms with Gasteiger partial charge in [0.2, 0.25) is 0 Å². The van der Waals surface area contributed by atoms with Crippen molar-refractivity contribution in [1.29, 1.82) is 0 Å². The topological polar surface area (TPSA) is 37.8 Å². The maximum Gasteiger partial charge on any atom is 0.133 e.